The average Bonchev–Trinajstić information content (AvgIpc) is 2.77. The molecule has 0 amide bonds. The molecule has 3 N–H and O–H groups in total. The Hall–Kier alpha value is -0.640. The zero-order chi connectivity index (χ0) is 15.7. The molecule has 0 aliphatic heterocycles. The van der Waals surface area contributed by atoms with Gasteiger partial charge in [0, 0.05) is 16.7 Å². The van der Waals surface area contributed by atoms with Crippen LogP contribution in [0.3, 0.4) is 0 Å². The summed E-state index contributed by atoms with van der Waals surface area (Å²) >= 11 is 0. The lowest BCUT2D eigenvalue weighted by atomic mass is 9.50. The first kappa shape index (κ1) is 14.9. The number of aliphatic hydroxyl groups excluding tert-OH is 3. The van der Waals surface area contributed by atoms with Crippen molar-refractivity contribution in [3.8, 4) is 0 Å². The molecule has 3 nitrogen and oxygen atoms in total. The maximum absolute atomic E-state index is 10.9. The summed E-state index contributed by atoms with van der Waals surface area (Å²) in [6.07, 6.45) is 9.79. The molecule has 0 bridgehead atoms. The Balaban J connectivity index is 1.78. The summed E-state index contributed by atoms with van der Waals surface area (Å²) in [7, 11) is 0. The van der Waals surface area contributed by atoms with Crippen molar-refractivity contribution in [2.24, 2.45) is 28.6 Å². The molecule has 2 fully saturated rings. The molecule has 2 saturated carbocycles. The number of hydrogen-bond donors (Lipinski definition) is 3. The van der Waals surface area contributed by atoms with Gasteiger partial charge in [-0.05, 0) is 43.9 Å². The lowest BCUT2D eigenvalue weighted by molar-refractivity contribution is -0.0530. The van der Waals surface area contributed by atoms with Crippen LogP contribution in [0.5, 0.6) is 0 Å². The first-order valence-electron chi connectivity index (χ1n) is 8.80. The van der Waals surface area contributed by atoms with Crippen molar-refractivity contribution in [2.75, 3.05) is 0 Å². The number of hydrogen-bond acceptors (Lipinski definition) is 3. The van der Waals surface area contributed by atoms with Crippen LogP contribution in [0.2, 0.25) is 0 Å². The molecule has 22 heavy (non-hydrogen) atoms. The fourth-order valence-corrected chi connectivity index (χ4v) is 6.03. The molecule has 0 heterocycles. The van der Waals surface area contributed by atoms with Gasteiger partial charge in [0.05, 0.1) is 18.3 Å². The third kappa shape index (κ3) is 1.79. The van der Waals surface area contributed by atoms with E-state index in [2.05, 4.69) is 26.0 Å². The van der Waals surface area contributed by atoms with E-state index in [-0.39, 0.29) is 35.1 Å². The molecule has 0 spiro atoms. The monoisotopic (exact) mass is 304 g/mol. The van der Waals surface area contributed by atoms with Crippen molar-refractivity contribution in [3.63, 3.8) is 0 Å². The van der Waals surface area contributed by atoms with Crippen molar-refractivity contribution in [2.45, 2.75) is 64.3 Å². The normalized spacial score (nSPS) is 56.9. The van der Waals surface area contributed by atoms with Crippen LogP contribution in [-0.4, -0.2) is 33.6 Å². The predicted octanol–water partition coefficient (Wildman–Crippen LogP) is 2.42. The van der Waals surface area contributed by atoms with Gasteiger partial charge >= 0.3 is 0 Å². The summed E-state index contributed by atoms with van der Waals surface area (Å²) in [5, 5.41) is 31.2. The van der Waals surface area contributed by atoms with Crippen molar-refractivity contribution < 1.29 is 15.3 Å². The Morgan fingerprint density at radius 3 is 2.64 bits per heavy atom. The van der Waals surface area contributed by atoms with Gasteiger partial charge in [-0.1, -0.05) is 37.6 Å². The first-order chi connectivity index (χ1) is 10.4. The van der Waals surface area contributed by atoms with Crippen LogP contribution in [0.1, 0.15) is 46.0 Å². The van der Waals surface area contributed by atoms with Crippen molar-refractivity contribution >= 4 is 0 Å². The second-order valence-electron chi connectivity index (χ2n) is 8.54. The highest BCUT2D eigenvalue weighted by atomic mass is 16.3. The molecule has 0 saturated heterocycles. The van der Waals surface area contributed by atoms with E-state index in [1.165, 1.54) is 5.57 Å². The fraction of sp³-hybridized carbons (Fsp3) is 0.789. The fourth-order valence-electron chi connectivity index (χ4n) is 6.03. The van der Waals surface area contributed by atoms with Gasteiger partial charge in [-0.15, -0.1) is 0 Å². The first-order valence-corrected chi connectivity index (χ1v) is 8.80. The summed E-state index contributed by atoms with van der Waals surface area (Å²) in [6.45, 7) is 4.48. The largest absolute Gasteiger partial charge is 0.393 e. The van der Waals surface area contributed by atoms with Gasteiger partial charge in [0.1, 0.15) is 0 Å². The Morgan fingerprint density at radius 2 is 1.86 bits per heavy atom. The third-order valence-electron chi connectivity index (χ3n) is 7.52. The van der Waals surface area contributed by atoms with E-state index >= 15 is 0 Å². The van der Waals surface area contributed by atoms with E-state index < -0.39 is 0 Å². The van der Waals surface area contributed by atoms with Gasteiger partial charge < -0.3 is 15.3 Å². The number of fused-ring (bicyclic) bond motifs is 5. The summed E-state index contributed by atoms with van der Waals surface area (Å²) < 4.78 is 0. The van der Waals surface area contributed by atoms with Crippen LogP contribution >= 0.6 is 0 Å². The molecule has 122 valence electrons. The lowest BCUT2D eigenvalue weighted by Gasteiger charge is -2.56. The average molecular weight is 304 g/mol. The second kappa shape index (κ2) is 4.68. The minimum atomic E-state index is -0.371. The quantitative estimate of drug-likeness (QED) is 0.602. The van der Waals surface area contributed by atoms with Crippen LogP contribution < -0.4 is 0 Å². The molecular weight excluding hydrogens is 276 g/mol. The molecular formula is C19H28O3. The molecule has 3 heteroatoms. The molecule has 1 unspecified atom stereocenters. The van der Waals surface area contributed by atoms with E-state index in [4.69, 9.17) is 0 Å². The zero-order valence-electron chi connectivity index (χ0n) is 13.6. The van der Waals surface area contributed by atoms with E-state index in [0.717, 1.165) is 32.1 Å². The molecule has 0 radical (unpaired) electrons. The molecule has 0 aromatic rings. The molecule has 4 aliphatic rings. The van der Waals surface area contributed by atoms with E-state index in [9.17, 15) is 15.3 Å². The minimum Gasteiger partial charge on any atom is -0.393 e. The zero-order valence-corrected chi connectivity index (χ0v) is 13.6. The molecule has 0 aromatic carbocycles. The highest BCUT2D eigenvalue weighted by Crippen LogP contribution is 2.62. The van der Waals surface area contributed by atoms with Crippen LogP contribution in [-0.2, 0) is 0 Å². The maximum Gasteiger partial charge on any atom is 0.0724 e. The summed E-state index contributed by atoms with van der Waals surface area (Å²) in [6, 6.07) is 0. The van der Waals surface area contributed by atoms with Crippen molar-refractivity contribution in [3.05, 3.63) is 23.8 Å². The summed E-state index contributed by atoms with van der Waals surface area (Å²) in [4.78, 5) is 0. The highest BCUT2D eigenvalue weighted by molar-refractivity contribution is 5.35. The van der Waals surface area contributed by atoms with Crippen LogP contribution in [0, 0.1) is 28.6 Å². The SMILES string of the molecule is C[C@]12CC=C3[C@@H]([C@@H](O)CC4C[C@@H](O)C=C[C@]34C)[C@@H]1CC[C@@H]2O. The topological polar surface area (TPSA) is 60.7 Å². The number of aliphatic hydroxyl groups is 3. The number of allylic oxidation sites excluding steroid dienone is 2. The van der Waals surface area contributed by atoms with E-state index in [0.29, 0.717) is 11.8 Å². The standard InChI is InChI=1S/C19H28O3/c1-18-7-5-12(20)9-11(18)10-15(21)17-13-3-4-16(22)19(13,2)8-6-14(17)18/h5-7,11-13,15-17,20-22H,3-4,8-10H2,1-2H3/t11?,12-,13-,15-,16-,17-,18-,19-/m0/s1. The van der Waals surface area contributed by atoms with Crippen LogP contribution in [0.25, 0.3) is 0 Å². The van der Waals surface area contributed by atoms with Gasteiger partial charge in [0.25, 0.3) is 0 Å². The van der Waals surface area contributed by atoms with Crippen molar-refractivity contribution in [1.29, 1.82) is 0 Å². The summed E-state index contributed by atoms with van der Waals surface area (Å²) in [5.41, 5.74) is 1.27. The van der Waals surface area contributed by atoms with Gasteiger partial charge in [0.2, 0.25) is 0 Å². The van der Waals surface area contributed by atoms with Gasteiger partial charge in [-0.3, -0.25) is 0 Å². The van der Waals surface area contributed by atoms with Gasteiger partial charge in [-0.25, -0.2) is 0 Å². The smallest absolute Gasteiger partial charge is 0.0724 e. The Bertz CT molecular complexity index is 539. The lowest BCUT2D eigenvalue weighted by Crippen LogP contribution is -2.52. The van der Waals surface area contributed by atoms with Crippen LogP contribution in [0.4, 0.5) is 0 Å². The van der Waals surface area contributed by atoms with Crippen molar-refractivity contribution in [1.82, 2.24) is 0 Å². The predicted molar refractivity (Wildman–Crippen MR) is 85.0 cm³/mol. The highest BCUT2D eigenvalue weighted by Gasteiger charge is 2.58. The maximum atomic E-state index is 10.9. The second-order valence-corrected chi connectivity index (χ2v) is 8.54. The third-order valence-corrected chi connectivity index (χ3v) is 7.52. The van der Waals surface area contributed by atoms with E-state index in [1.54, 1.807) is 0 Å². The molecule has 4 rings (SSSR count). The molecule has 4 aliphatic carbocycles. The van der Waals surface area contributed by atoms with E-state index in [1.807, 2.05) is 6.08 Å². The summed E-state index contributed by atoms with van der Waals surface area (Å²) in [5.74, 6) is 0.883. The Labute approximate surface area is 132 Å². The van der Waals surface area contributed by atoms with Gasteiger partial charge in [0.15, 0.2) is 0 Å². The molecule has 0 aromatic heterocycles. The number of rotatable bonds is 0. The molecule has 8 atom stereocenters. The van der Waals surface area contributed by atoms with Gasteiger partial charge in [-0.2, -0.15) is 0 Å². The van der Waals surface area contributed by atoms with Crippen LogP contribution in [0.15, 0.2) is 23.8 Å². The Kier molecular flexibility index (Phi) is 3.18. The minimum absolute atomic E-state index is 0.0298. The Morgan fingerprint density at radius 1 is 1.09 bits per heavy atom.